The molecule has 0 amide bonds. The summed E-state index contributed by atoms with van der Waals surface area (Å²) in [7, 11) is 0. The van der Waals surface area contributed by atoms with Crippen molar-refractivity contribution in [3.63, 3.8) is 0 Å². The van der Waals surface area contributed by atoms with Gasteiger partial charge in [-0.25, -0.2) is 19.2 Å². The topological polar surface area (TPSA) is 105 Å². The Morgan fingerprint density at radius 1 is 1.33 bits per heavy atom. The normalized spacial score (nSPS) is 14.2. The van der Waals surface area contributed by atoms with Crippen LogP contribution in [0.2, 0.25) is 0 Å². The number of carboxylic acid groups (broad SMARTS) is 1. The molecule has 1 aliphatic rings. The lowest BCUT2D eigenvalue weighted by atomic mass is 9.91. The number of fused-ring (bicyclic) bond motifs is 1. The summed E-state index contributed by atoms with van der Waals surface area (Å²) in [4.78, 5) is 47.3. The van der Waals surface area contributed by atoms with Gasteiger partial charge in [0.2, 0.25) is 5.43 Å². The van der Waals surface area contributed by atoms with Crippen molar-refractivity contribution in [2.75, 3.05) is 18.0 Å². The highest BCUT2D eigenvalue weighted by Crippen LogP contribution is 2.32. The molecule has 0 spiro atoms. The first-order chi connectivity index (χ1) is 15.7. The number of carboxylic acids is 1. The average molecular weight is 473 g/mol. The van der Waals surface area contributed by atoms with E-state index in [-0.39, 0.29) is 34.1 Å². The molecular weight excluding hydrogens is 447 g/mol. The number of nitrogens with zero attached hydrogens (tertiary/aromatic N) is 4. The molecule has 0 radical (unpaired) electrons. The fourth-order valence-electron chi connectivity index (χ4n) is 4.07. The molecule has 0 atom stereocenters. The number of carbonyl (C=O) groups is 2. The first-order valence-electron chi connectivity index (χ1n) is 10.8. The molecule has 8 nitrogen and oxygen atoms in total. The molecule has 0 aromatic carbocycles. The lowest BCUT2D eigenvalue weighted by Crippen LogP contribution is -2.51. The molecule has 3 aromatic heterocycles. The first kappa shape index (κ1) is 23.0. The van der Waals surface area contributed by atoms with E-state index in [1.165, 1.54) is 29.0 Å². The predicted molar refractivity (Wildman–Crippen MR) is 124 cm³/mol. The highest BCUT2D eigenvalue weighted by Gasteiger charge is 2.35. The maximum absolute atomic E-state index is 15.3. The van der Waals surface area contributed by atoms with Crippen LogP contribution in [0.5, 0.6) is 0 Å². The van der Waals surface area contributed by atoms with Gasteiger partial charge in [0.05, 0.1) is 11.3 Å². The summed E-state index contributed by atoms with van der Waals surface area (Å²) in [6.07, 6.45) is 5.09. The Bertz CT molecular complexity index is 1280. The Hall–Kier alpha value is -3.14. The van der Waals surface area contributed by atoms with Gasteiger partial charge in [0.1, 0.15) is 11.3 Å². The van der Waals surface area contributed by atoms with Crippen molar-refractivity contribution >= 4 is 39.9 Å². The number of rotatable bonds is 8. The minimum atomic E-state index is -1.40. The molecule has 0 bridgehead atoms. The smallest absolute Gasteiger partial charge is 0.341 e. The van der Waals surface area contributed by atoms with Gasteiger partial charge in [-0.1, -0.05) is 20.3 Å². The number of aromatic nitrogens is 3. The van der Waals surface area contributed by atoms with Crippen LogP contribution in [-0.4, -0.2) is 44.5 Å². The third kappa shape index (κ3) is 4.27. The lowest BCUT2D eigenvalue weighted by molar-refractivity contribution is -0.123. The molecule has 33 heavy (non-hydrogen) atoms. The van der Waals surface area contributed by atoms with E-state index in [0.29, 0.717) is 30.6 Å². The molecule has 10 heteroatoms. The van der Waals surface area contributed by atoms with Gasteiger partial charge >= 0.3 is 5.97 Å². The summed E-state index contributed by atoms with van der Waals surface area (Å²) in [6, 6.07) is 0. The molecule has 0 aliphatic carbocycles. The number of anilines is 1. The van der Waals surface area contributed by atoms with Crippen LogP contribution in [-0.2, 0) is 4.79 Å². The summed E-state index contributed by atoms with van der Waals surface area (Å²) < 4.78 is 16.7. The largest absolute Gasteiger partial charge is 0.477 e. The van der Waals surface area contributed by atoms with Crippen molar-refractivity contribution in [1.82, 2.24) is 14.5 Å². The molecule has 3 aromatic rings. The van der Waals surface area contributed by atoms with Crippen molar-refractivity contribution < 1.29 is 19.1 Å². The Morgan fingerprint density at radius 2 is 2.06 bits per heavy atom. The number of hydrogen-bond acceptors (Lipinski definition) is 7. The standard InChI is InChI=1S/C23H25FN4O4S/c1-12(2)5-4-6-16(29)14-9-27(10-14)21-18(24)13(3)17-19(30)15(22(31)32)11-28(20(17)26-21)23-25-7-8-33-23/h7-8,11-12,14H,4-6,9-10H2,1-3H3,(H,31,32). The second-order valence-electron chi connectivity index (χ2n) is 8.79. The summed E-state index contributed by atoms with van der Waals surface area (Å²) in [5.41, 5.74) is -1.10. The third-order valence-corrected chi connectivity index (χ3v) is 6.76. The van der Waals surface area contributed by atoms with Gasteiger partial charge in [0.15, 0.2) is 22.4 Å². The van der Waals surface area contributed by atoms with Gasteiger partial charge < -0.3 is 10.0 Å². The Morgan fingerprint density at radius 3 is 2.67 bits per heavy atom. The fraction of sp³-hybridized carbons (Fsp3) is 0.435. The van der Waals surface area contributed by atoms with Crippen LogP contribution in [0.15, 0.2) is 22.6 Å². The SMILES string of the molecule is Cc1c(F)c(N2CC(C(=O)CCCC(C)C)C2)nc2c1c(=O)c(C(=O)O)cn2-c1nccs1. The molecule has 4 rings (SSSR count). The monoisotopic (exact) mass is 472 g/mol. The highest BCUT2D eigenvalue weighted by atomic mass is 32.1. The van der Waals surface area contributed by atoms with Crippen LogP contribution in [0, 0.1) is 24.6 Å². The Kier molecular flexibility index (Phi) is 6.29. The van der Waals surface area contributed by atoms with Gasteiger partial charge in [0.25, 0.3) is 0 Å². The van der Waals surface area contributed by atoms with E-state index in [9.17, 15) is 19.5 Å². The fourth-order valence-corrected chi connectivity index (χ4v) is 4.68. The Labute approximate surface area is 193 Å². The summed E-state index contributed by atoms with van der Waals surface area (Å²) in [5.74, 6) is -1.47. The number of Topliss-reactive ketones (excluding diaryl/α,β-unsaturated/α-hetero) is 1. The van der Waals surface area contributed by atoms with Gasteiger partial charge in [-0.15, -0.1) is 11.3 Å². The number of aromatic carboxylic acids is 1. The number of thiazole rings is 1. The van der Waals surface area contributed by atoms with Crippen molar-refractivity contribution in [2.45, 2.75) is 40.0 Å². The maximum atomic E-state index is 15.3. The van der Waals surface area contributed by atoms with Crippen molar-refractivity contribution in [3.05, 3.63) is 44.9 Å². The van der Waals surface area contributed by atoms with Gasteiger partial charge in [0, 0.05) is 42.8 Å². The van der Waals surface area contributed by atoms with Gasteiger partial charge in [-0.05, 0) is 19.3 Å². The van der Waals surface area contributed by atoms with Crippen LogP contribution in [0.4, 0.5) is 10.2 Å². The molecular formula is C23H25FN4O4S. The minimum absolute atomic E-state index is 0.0279. The molecule has 1 N–H and O–H groups in total. The molecule has 4 heterocycles. The molecule has 1 aliphatic heterocycles. The van der Waals surface area contributed by atoms with E-state index in [4.69, 9.17) is 0 Å². The van der Waals surface area contributed by atoms with Gasteiger partial charge in [-0.2, -0.15) is 0 Å². The molecule has 1 saturated heterocycles. The summed E-state index contributed by atoms with van der Waals surface area (Å²) in [5, 5.41) is 11.5. The molecule has 174 valence electrons. The lowest BCUT2D eigenvalue weighted by Gasteiger charge is -2.39. The zero-order chi connectivity index (χ0) is 23.9. The zero-order valence-corrected chi connectivity index (χ0v) is 19.5. The average Bonchev–Trinajstić information content (AvgIpc) is 3.24. The molecule has 0 unspecified atom stereocenters. The van der Waals surface area contributed by atoms with Crippen molar-refractivity contribution in [3.8, 4) is 5.13 Å². The summed E-state index contributed by atoms with van der Waals surface area (Å²) in [6.45, 7) is 6.41. The second-order valence-corrected chi connectivity index (χ2v) is 9.66. The van der Waals surface area contributed by atoms with E-state index in [0.717, 1.165) is 12.8 Å². The molecule has 1 fully saturated rings. The second kappa shape index (κ2) is 9.01. The van der Waals surface area contributed by atoms with E-state index in [2.05, 4.69) is 23.8 Å². The number of aryl methyl sites for hydroxylation is 1. The van der Waals surface area contributed by atoms with E-state index < -0.39 is 22.8 Å². The predicted octanol–water partition coefficient (Wildman–Crippen LogP) is 3.82. The van der Waals surface area contributed by atoms with Crippen LogP contribution in [0.3, 0.4) is 0 Å². The van der Waals surface area contributed by atoms with Crippen molar-refractivity contribution in [2.24, 2.45) is 11.8 Å². The number of carbonyl (C=O) groups excluding carboxylic acids is 1. The van der Waals surface area contributed by atoms with Crippen LogP contribution < -0.4 is 10.3 Å². The third-order valence-electron chi connectivity index (χ3n) is 5.99. The zero-order valence-electron chi connectivity index (χ0n) is 18.7. The quantitative estimate of drug-likeness (QED) is 0.531. The maximum Gasteiger partial charge on any atom is 0.341 e. The minimum Gasteiger partial charge on any atom is -0.477 e. The number of pyridine rings is 2. The van der Waals surface area contributed by atoms with Gasteiger partial charge in [-0.3, -0.25) is 14.2 Å². The Balaban J connectivity index is 1.71. The highest BCUT2D eigenvalue weighted by molar-refractivity contribution is 7.12. The first-order valence-corrected chi connectivity index (χ1v) is 11.7. The van der Waals surface area contributed by atoms with E-state index in [1.807, 2.05) is 0 Å². The van der Waals surface area contributed by atoms with Crippen LogP contribution >= 0.6 is 11.3 Å². The van der Waals surface area contributed by atoms with Crippen LogP contribution in [0.25, 0.3) is 16.2 Å². The van der Waals surface area contributed by atoms with Crippen LogP contribution in [0.1, 0.15) is 49.0 Å². The number of halogens is 1. The summed E-state index contributed by atoms with van der Waals surface area (Å²) >= 11 is 1.24. The van der Waals surface area contributed by atoms with Crippen molar-refractivity contribution in [1.29, 1.82) is 0 Å². The van der Waals surface area contributed by atoms with E-state index >= 15 is 4.39 Å². The molecule has 0 saturated carbocycles. The number of hydrogen-bond donors (Lipinski definition) is 1. The number of ketones is 1. The van der Waals surface area contributed by atoms with E-state index in [1.54, 1.807) is 16.5 Å².